The fraction of sp³-hybridized carbons (Fsp3) is 0.643. The molecule has 0 aliphatic carbocycles. The maximum absolute atomic E-state index is 5.68. The average Bonchev–Trinajstić information content (AvgIpc) is 2.30. The van der Waals surface area contributed by atoms with Crippen LogP contribution in [0, 0.1) is 5.92 Å². The molecule has 17 heavy (non-hydrogen) atoms. The summed E-state index contributed by atoms with van der Waals surface area (Å²) in [5, 5.41) is 3.27. The first-order chi connectivity index (χ1) is 8.26. The van der Waals surface area contributed by atoms with E-state index in [4.69, 9.17) is 4.74 Å². The van der Waals surface area contributed by atoms with Crippen LogP contribution in [0.15, 0.2) is 18.3 Å². The Labute approximate surface area is 105 Å². The number of hydrogen-bond donors (Lipinski definition) is 1. The number of hydrogen-bond acceptors (Lipinski definition) is 3. The number of aromatic nitrogens is 1. The lowest BCUT2D eigenvalue weighted by atomic mass is 10.1. The summed E-state index contributed by atoms with van der Waals surface area (Å²) < 4.78 is 5.68. The molecule has 96 valence electrons. The highest BCUT2D eigenvalue weighted by Crippen LogP contribution is 2.10. The molecule has 1 atom stereocenters. The van der Waals surface area contributed by atoms with Gasteiger partial charge in [0.1, 0.15) is 0 Å². The molecule has 1 heterocycles. The van der Waals surface area contributed by atoms with Gasteiger partial charge in [-0.1, -0.05) is 20.3 Å². The Balaban J connectivity index is 2.33. The quantitative estimate of drug-likeness (QED) is 0.750. The van der Waals surface area contributed by atoms with Crippen LogP contribution in [-0.2, 0) is 11.3 Å². The van der Waals surface area contributed by atoms with Crippen molar-refractivity contribution in [3.05, 3.63) is 24.0 Å². The molecule has 0 aliphatic heterocycles. The number of pyridine rings is 1. The van der Waals surface area contributed by atoms with Crippen LogP contribution in [0.4, 0.5) is 5.69 Å². The molecule has 1 rings (SSSR count). The van der Waals surface area contributed by atoms with Gasteiger partial charge < -0.3 is 10.1 Å². The van der Waals surface area contributed by atoms with Crippen LogP contribution in [0.25, 0.3) is 0 Å². The minimum absolute atomic E-state index is 0.604. The lowest BCUT2D eigenvalue weighted by molar-refractivity contribution is 0.0872. The third-order valence-electron chi connectivity index (χ3n) is 2.63. The number of nitrogens with one attached hydrogen (secondary N) is 1. The van der Waals surface area contributed by atoms with Gasteiger partial charge in [0.25, 0.3) is 0 Å². The van der Waals surface area contributed by atoms with Crippen LogP contribution in [0.5, 0.6) is 0 Å². The molecular formula is C14H24N2O. The molecule has 0 amide bonds. The molecule has 0 aliphatic rings. The van der Waals surface area contributed by atoms with E-state index in [0.717, 1.165) is 24.5 Å². The summed E-state index contributed by atoms with van der Waals surface area (Å²) >= 11 is 0. The second-order valence-corrected chi connectivity index (χ2v) is 4.48. The molecule has 1 aromatic heterocycles. The highest BCUT2D eigenvalue weighted by Gasteiger charge is 2.02. The summed E-state index contributed by atoms with van der Waals surface area (Å²) in [6.07, 6.45) is 4.27. The van der Waals surface area contributed by atoms with Crippen molar-refractivity contribution in [2.45, 2.75) is 40.2 Å². The maximum atomic E-state index is 5.68. The fourth-order valence-electron chi connectivity index (χ4n) is 1.81. The Morgan fingerprint density at radius 2 is 2.24 bits per heavy atom. The minimum Gasteiger partial charge on any atom is -0.385 e. The first kappa shape index (κ1) is 14.0. The largest absolute Gasteiger partial charge is 0.385 e. The molecule has 0 saturated carbocycles. The van der Waals surface area contributed by atoms with E-state index < -0.39 is 0 Å². The van der Waals surface area contributed by atoms with Crippen molar-refractivity contribution in [1.82, 2.24) is 4.98 Å². The average molecular weight is 236 g/mol. The SMILES string of the molecule is CCCC(C)COCc1cc(NCC)ccn1. The lowest BCUT2D eigenvalue weighted by Crippen LogP contribution is -2.06. The maximum Gasteiger partial charge on any atom is 0.0888 e. The molecule has 0 fully saturated rings. The smallest absolute Gasteiger partial charge is 0.0888 e. The van der Waals surface area contributed by atoms with Gasteiger partial charge in [-0.3, -0.25) is 4.98 Å². The predicted octanol–water partition coefficient (Wildman–Crippen LogP) is 3.47. The predicted molar refractivity (Wildman–Crippen MR) is 72.1 cm³/mol. The van der Waals surface area contributed by atoms with Crippen molar-refractivity contribution in [3.8, 4) is 0 Å². The van der Waals surface area contributed by atoms with Gasteiger partial charge in [0.2, 0.25) is 0 Å². The van der Waals surface area contributed by atoms with E-state index in [-0.39, 0.29) is 0 Å². The lowest BCUT2D eigenvalue weighted by Gasteiger charge is -2.11. The van der Waals surface area contributed by atoms with Gasteiger partial charge in [0, 0.05) is 25.0 Å². The van der Waals surface area contributed by atoms with Gasteiger partial charge in [0.05, 0.1) is 12.3 Å². The zero-order valence-corrected chi connectivity index (χ0v) is 11.2. The Bertz CT molecular complexity index is 315. The van der Waals surface area contributed by atoms with Crippen LogP contribution in [0.2, 0.25) is 0 Å². The molecule has 0 aromatic carbocycles. The van der Waals surface area contributed by atoms with Crippen LogP contribution >= 0.6 is 0 Å². The first-order valence-corrected chi connectivity index (χ1v) is 6.52. The second-order valence-electron chi connectivity index (χ2n) is 4.48. The highest BCUT2D eigenvalue weighted by atomic mass is 16.5. The summed E-state index contributed by atoms with van der Waals surface area (Å²) in [7, 11) is 0. The number of rotatable bonds is 8. The summed E-state index contributed by atoms with van der Waals surface area (Å²) in [5.74, 6) is 0.636. The molecule has 1 aromatic rings. The fourth-order valence-corrected chi connectivity index (χ4v) is 1.81. The number of anilines is 1. The van der Waals surface area contributed by atoms with E-state index >= 15 is 0 Å². The molecule has 0 bridgehead atoms. The van der Waals surface area contributed by atoms with Crippen LogP contribution < -0.4 is 5.32 Å². The van der Waals surface area contributed by atoms with E-state index in [1.165, 1.54) is 12.8 Å². The summed E-state index contributed by atoms with van der Waals surface area (Å²) in [6.45, 7) is 8.87. The van der Waals surface area contributed by atoms with Crippen molar-refractivity contribution in [2.75, 3.05) is 18.5 Å². The number of nitrogens with zero attached hydrogens (tertiary/aromatic N) is 1. The van der Waals surface area contributed by atoms with Gasteiger partial charge in [-0.2, -0.15) is 0 Å². The molecule has 1 N–H and O–H groups in total. The molecule has 3 heteroatoms. The van der Waals surface area contributed by atoms with Crippen molar-refractivity contribution in [2.24, 2.45) is 5.92 Å². The zero-order valence-electron chi connectivity index (χ0n) is 11.2. The van der Waals surface area contributed by atoms with Gasteiger partial charge in [0.15, 0.2) is 0 Å². The van der Waals surface area contributed by atoms with E-state index in [1.807, 2.05) is 18.3 Å². The topological polar surface area (TPSA) is 34.1 Å². The van der Waals surface area contributed by atoms with Gasteiger partial charge in [-0.15, -0.1) is 0 Å². The molecule has 0 radical (unpaired) electrons. The zero-order chi connectivity index (χ0) is 12.5. The Morgan fingerprint density at radius 1 is 1.41 bits per heavy atom. The normalized spacial score (nSPS) is 12.4. The van der Waals surface area contributed by atoms with Gasteiger partial charge in [-0.25, -0.2) is 0 Å². The van der Waals surface area contributed by atoms with Crippen LogP contribution in [0.3, 0.4) is 0 Å². The Hall–Kier alpha value is -1.09. The van der Waals surface area contributed by atoms with Crippen molar-refractivity contribution in [3.63, 3.8) is 0 Å². The minimum atomic E-state index is 0.604. The van der Waals surface area contributed by atoms with Crippen molar-refractivity contribution >= 4 is 5.69 Å². The monoisotopic (exact) mass is 236 g/mol. The summed E-state index contributed by atoms with van der Waals surface area (Å²) in [4.78, 5) is 4.30. The Kier molecular flexibility index (Phi) is 6.63. The van der Waals surface area contributed by atoms with Crippen LogP contribution in [0.1, 0.15) is 39.3 Å². The van der Waals surface area contributed by atoms with Gasteiger partial charge >= 0.3 is 0 Å². The van der Waals surface area contributed by atoms with E-state index in [0.29, 0.717) is 12.5 Å². The standard InChI is InChI=1S/C14H24N2O/c1-4-6-12(3)10-17-11-14-9-13(15-5-2)7-8-16-14/h7-9,12H,4-6,10-11H2,1-3H3,(H,15,16). The molecule has 0 spiro atoms. The molecule has 1 unspecified atom stereocenters. The highest BCUT2D eigenvalue weighted by molar-refractivity contribution is 5.42. The molecule has 0 saturated heterocycles. The first-order valence-electron chi connectivity index (χ1n) is 6.52. The number of ether oxygens (including phenoxy) is 1. The summed E-state index contributed by atoms with van der Waals surface area (Å²) in [6, 6.07) is 4.03. The third-order valence-corrected chi connectivity index (χ3v) is 2.63. The molecule has 3 nitrogen and oxygen atoms in total. The summed E-state index contributed by atoms with van der Waals surface area (Å²) in [5.41, 5.74) is 2.11. The third kappa shape index (κ3) is 5.68. The van der Waals surface area contributed by atoms with Crippen LogP contribution in [-0.4, -0.2) is 18.1 Å². The van der Waals surface area contributed by atoms with Crippen molar-refractivity contribution < 1.29 is 4.74 Å². The van der Waals surface area contributed by atoms with Gasteiger partial charge in [-0.05, 0) is 31.4 Å². The van der Waals surface area contributed by atoms with E-state index in [1.54, 1.807) is 0 Å². The van der Waals surface area contributed by atoms with E-state index in [2.05, 4.69) is 31.1 Å². The Morgan fingerprint density at radius 3 is 2.94 bits per heavy atom. The molecular weight excluding hydrogens is 212 g/mol. The van der Waals surface area contributed by atoms with E-state index in [9.17, 15) is 0 Å². The second kappa shape index (κ2) is 8.07. The van der Waals surface area contributed by atoms with Crippen molar-refractivity contribution in [1.29, 1.82) is 0 Å².